The number of aromatic nitrogens is 1. The molecule has 0 unspecified atom stereocenters. The molecule has 29 heavy (non-hydrogen) atoms. The van der Waals surface area contributed by atoms with Gasteiger partial charge in [0.05, 0.1) is 42.1 Å². The Morgan fingerprint density at radius 3 is 2.66 bits per heavy atom. The van der Waals surface area contributed by atoms with E-state index in [0.717, 1.165) is 9.60 Å². The molecule has 0 fully saturated rings. The van der Waals surface area contributed by atoms with Crippen LogP contribution in [0.25, 0.3) is 10.2 Å². The standard InChI is InChI=1S/C20H17N3O5S/c1-10(24)21-20-22-14-5-4-12(8-16(14)29-20)23-17(25)7-11-6-13(27-2)9-15(28-3)18(11)19(23)26/h4-6,8-9H,7H2,1-3H3,(H,21,22,24). The molecule has 0 bridgehead atoms. The van der Waals surface area contributed by atoms with Crippen LogP contribution in [0.4, 0.5) is 10.8 Å². The Labute approximate surface area is 170 Å². The fraction of sp³-hybridized carbons (Fsp3) is 0.200. The van der Waals surface area contributed by atoms with Crippen molar-refractivity contribution in [3.63, 3.8) is 0 Å². The van der Waals surface area contributed by atoms with Crippen LogP contribution in [0.5, 0.6) is 11.5 Å². The molecule has 8 nitrogen and oxygen atoms in total. The summed E-state index contributed by atoms with van der Waals surface area (Å²) in [6, 6.07) is 8.40. The number of hydrogen-bond donors (Lipinski definition) is 1. The molecule has 0 radical (unpaired) electrons. The fourth-order valence-electron chi connectivity index (χ4n) is 3.29. The molecule has 2 aromatic carbocycles. The first-order chi connectivity index (χ1) is 13.9. The Bertz CT molecular complexity index is 1170. The summed E-state index contributed by atoms with van der Waals surface area (Å²) in [6.45, 7) is 1.41. The summed E-state index contributed by atoms with van der Waals surface area (Å²) in [5, 5.41) is 3.10. The second-order valence-electron chi connectivity index (χ2n) is 6.43. The van der Waals surface area contributed by atoms with Gasteiger partial charge in [0.15, 0.2) is 5.13 Å². The number of ether oxygens (including phenoxy) is 2. The Morgan fingerprint density at radius 2 is 1.97 bits per heavy atom. The maximum absolute atomic E-state index is 13.2. The van der Waals surface area contributed by atoms with E-state index in [2.05, 4.69) is 10.3 Å². The minimum atomic E-state index is -0.457. The van der Waals surface area contributed by atoms with Crippen molar-refractivity contribution < 1.29 is 23.9 Å². The number of nitrogens with one attached hydrogen (secondary N) is 1. The van der Waals surface area contributed by atoms with Gasteiger partial charge in [-0.2, -0.15) is 0 Å². The minimum Gasteiger partial charge on any atom is -0.497 e. The van der Waals surface area contributed by atoms with Crippen molar-refractivity contribution in [2.75, 3.05) is 24.4 Å². The molecule has 148 valence electrons. The zero-order valence-corrected chi connectivity index (χ0v) is 16.8. The molecule has 0 spiro atoms. The van der Waals surface area contributed by atoms with Gasteiger partial charge >= 0.3 is 0 Å². The smallest absolute Gasteiger partial charge is 0.269 e. The lowest BCUT2D eigenvalue weighted by molar-refractivity contribution is -0.117. The molecule has 3 amide bonds. The van der Waals surface area contributed by atoms with Crippen molar-refractivity contribution in [1.82, 2.24) is 4.98 Å². The maximum atomic E-state index is 13.2. The van der Waals surface area contributed by atoms with Gasteiger partial charge in [-0.25, -0.2) is 9.88 Å². The molecule has 4 rings (SSSR count). The first-order valence-electron chi connectivity index (χ1n) is 8.71. The Hall–Kier alpha value is -3.46. The van der Waals surface area contributed by atoms with Gasteiger partial charge in [0, 0.05) is 13.0 Å². The number of thiazole rings is 1. The van der Waals surface area contributed by atoms with Crippen LogP contribution in [-0.2, 0) is 16.0 Å². The van der Waals surface area contributed by atoms with Crippen LogP contribution in [0.2, 0.25) is 0 Å². The number of carbonyl (C=O) groups is 3. The summed E-state index contributed by atoms with van der Waals surface area (Å²) in [6.07, 6.45) is 0.0481. The van der Waals surface area contributed by atoms with E-state index in [4.69, 9.17) is 9.47 Å². The van der Waals surface area contributed by atoms with Crippen molar-refractivity contribution in [1.29, 1.82) is 0 Å². The largest absolute Gasteiger partial charge is 0.497 e. The second kappa shape index (κ2) is 7.17. The highest BCUT2D eigenvalue weighted by Crippen LogP contribution is 2.36. The number of benzene rings is 2. The third-order valence-electron chi connectivity index (χ3n) is 4.53. The van der Waals surface area contributed by atoms with Gasteiger partial charge in [0.2, 0.25) is 11.8 Å². The van der Waals surface area contributed by atoms with Crippen LogP contribution in [0.1, 0.15) is 22.8 Å². The molecule has 2 heterocycles. The Kier molecular flexibility index (Phi) is 4.67. The first-order valence-corrected chi connectivity index (χ1v) is 9.53. The lowest BCUT2D eigenvalue weighted by atomic mass is 9.96. The van der Waals surface area contributed by atoms with E-state index in [-0.39, 0.29) is 18.2 Å². The van der Waals surface area contributed by atoms with Crippen LogP contribution in [0.15, 0.2) is 30.3 Å². The summed E-state index contributed by atoms with van der Waals surface area (Å²) in [5.74, 6) is -0.143. The van der Waals surface area contributed by atoms with Crippen molar-refractivity contribution in [3.05, 3.63) is 41.5 Å². The summed E-state index contributed by atoms with van der Waals surface area (Å²) >= 11 is 1.27. The molecule has 1 N–H and O–H groups in total. The normalized spacial score (nSPS) is 13.4. The van der Waals surface area contributed by atoms with Crippen LogP contribution in [-0.4, -0.2) is 36.9 Å². The summed E-state index contributed by atoms with van der Waals surface area (Å²) in [4.78, 5) is 42.7. The minimum absolute atomic E-state index is 0.0481. The topological polar surface area (TPSA) is 97.8 Å². The molecule has 0 aliphatic carbocycles. The zero-order chi connectivity index (χ0) is 20.7. The lowest BCUT2D eigenvalue weighted by Gasteiger charge is -2.28. The van der Waals surface area contributed by atoms with Crippen molar-refractivity contribution >= 4 is 50.1 Å². The number of nitrogens with zero attached hydrogens (tertiary/aromatic N) is 2. The number of amides is 3. The van der Waals surface area contributed by atoms with E-state index in [1.54, 1.807) is 30.3 Å². The van der Waals surface area contributed by atoms with Gasteiger partial charge in [0.1, 0.15) is 11.5 Å². The SMILES string of the molecule is COc1cc2c(c(OC)c1)C(=O)N(c1ccc3nc(NC(C)=O)sc3c1)C(=O)C2. The number of anilines is 2. The van der Waals surface area contributed by atoms with Crippen LogP contribution < -0.4 is 19.7 Å². The van der Waals surface area contributed by atoms with Crippen LogP contribution >= 0.6 is 11.3 Å². The van der Waals surface area contributed by atoms with Gasteiger partial charge in [-0.05, 0) is 29.8 Å². The average Bonchev–Trinajstić information content (AvgIpc) is 3.07. The van der Waals surface area contributed by atoms with Gasteiger partial charge in [0.25, 0.3) is 5.91 Å². The van der Waals surface area contributed by atoms with Gasteiger partial charge < -0.3 is 14.8 Å². The van der Waals surface area contributed by atoms with Gasteiger partial charge in [-0.15, -0.1) is 0 Å². The zero-order valence-electron chi connectivity index (χ0n) is 15.9. The molecule has 0 saturated heterocycles. The molecule has 1 aromatic heterocycles. The molecule has 1 aliphatic heterocycles. The first kappa shape index (κ1) is 18.9. The predicted molar refractivity (Wildman–Crippen MR) is 109 cm³/mol. The number of rotatable bonds is 4. The Balaban J connectivity index is 1.77. The van der Waals surface area contributed by atoms with Gasteiger partial charge in [-0.3, -0.25) is 14.4 Å². The second-order valence-corrected chi connectivity index (χ2v) is 7.46. The monoisotopic (exact) mass is 411 g/mol. The molecule has 0 atom stereocenters. The molecular weight excluding hydrogens is 394 g/mol. The van der Waals surface area contributed by atoms with E-state index in [1.165, 1.54) is 32.5 Å². The molecule has 0 saturated carbocycles. The van der Waals surface area contributed by atoms with Crippen LogP contribution in [0.3, 0.4) is 0 Å². The lowest BCUT2D eigenvalue weighted by Crippen LogP contribution is -2.42. The average molecular weight is 411 g/mol. The highest BCUT2D eigenvalue weighted by atomic mass is 32.1. The van der Waals surface area contributed by atoms with Gasteiger partial charge in [-0.1, -0.05) is 11.3 Å². The fourth-order valence-corrected chi connectivity index (χ4v) is 4.24. The van der Waals surface area contributed by atoms with Crippen molar-refractivity contribution in [2.45, 2.75) is 13.3 Å². The third kappa shape index (κ3) is 3.29. The Morgan fingerprint density at radius 1 is 1.17 bits per heavy atom. The van der Waals surface area contributed by atoms with E-state index in [0.29, 0.717) is 39.0 Å². The molecule has 9 heteroatoms. The van der Waals surface area contributed by atoms with Crippen molar-refractivity contribution in [2.24, 2.45) is 0 Å². The number of fused-ring (bicyclic) bond motifs is 2. The quantitative estimate of drug-likeness (QED) is 0.663. The number of carbonyl (C=O) groups excluding carboxylic acids is 3. The highest BCUT2D eigenvalue weighted by molar-refractivity contribution is 7.22. The molecule has 1 aliphatic rings. The number of hydrogen-bond acceptors (Lipinski definition) is 7. The van der Waals surface area contributed by atoms with E-state index >= 15 is 0 Å². The van der Waals surface area contributed by atoms with E-state index in [1.807, 2.05) is 0 Å². The summed E-state index contributed by atoms with van der Waals surface area (Å²) < 4.78 is 11.3. The van der Waals surface area contributed by atoms with Crippen molar-refractivity contribution in [3.8, 4) is 11.5 Å². The molecular formula is C20H17N3O5S. The number of methoxy groups -OCH3 is 2. The summed E-state index contributed by atoms with van der Waals surface area (Å²) in [7, 11) is 2.98. The number of imide groups is 1. The predicted octanol–water partition coefficient (Wildman–Crippen LogP) is 3.00. The highest BCUT2D eigenvalue weighted by Gasteiger charge is 2.35. The third-order valence-corrected chi connectivity index (χ3v) is 5.47. The molecule has 3 aromatic rings. The summed E-state index contributed by atoms with van der Waals surface area (Å²) in [5.41, 5.74) is 2.02. The van der Waals surface area contributed by atoms with Crippen LogP contribution in [0, 0.1) is 0 Å². The van der Waals surface area contributed by atoms with E-state index in [9.17, 15) is 14.4 Å². The maximum Gasteiger partial charge on any atom is 0.269 e. The van der Waals surface area contributed by atoms with E-state index < -0.39 is 5.91 Å².